The van der Waals surface area contributed by atoms with Gasteiger partial charge in [0.1, 0.15) is 11.6 Å². The minimum atomic E-state index is -0.598. The molecule has 100 valence electrons. The maximum absolute atomic E-state index is 13.4. The zero-order valence-corrected chi connectivity index (χ0v) is 10.7. The lowest BCUT2D eigenvalue weighted by molar-refractivity contribution is -0.122. The Hall–Kier alpha value is -1.49. The highest BCUT2D eigenvalue weighted by Gasteiger charge is 2.09. The lowest BCUT2D eigenvalue weighted by Gasteiger charge is -2.16. The van der Waals surface area contributed by atoms with Crippen LogP contribution in [0.5, 0.6) is 0 Å². The Morgan fingerprint density at radius 3 is 2.72 bits per heavy atom. The van der Waals surface area contributed by atoms with Crippen LogP contribution >= 0.6 is 0 Å². The normalized spacial score (nSPS) is 10.7. The summed E-state index contributed by atoms with van der Waals surface area (Å²) >= 11 is 0. The van der Waals surface area contributed by atoms with Crippen LogP contribution in [0.2, 0.25) is 0 Å². The van der Waals surface area contributed by atoms with E-state index in [-0.39, 0.29) is 19.0 Å². The van der Waals surface area contributed by atoms with Crippen molar-refractivity contribution in [2.45, 2.75) is 19.9 Å². The summed E-state index contributed by atoms with van der Waals surface area (Å²) in [6.07, 6.45) is 0.877. The van der Waals surface area contributed by atoms with E-state index in [0.717, 1.165) is 12.5 Å². The van der Waals surface area contributed by atoms with Gasteiger partial charge in [0.15, 0.2) is 0 Å². The number of likely N-dealkylation sites (N-methyl/N-ethyl adjacent to an activating group) is 1. The van der Waals surface area contributed by atoms with Crippen LogP contribution in [0.15, 0.2) is 18.2 Å². The Labute approximate surface area is 106 Å². The largest absolute Gasteiger partial charge is 0.355 e. The van der Waals surface area contributed by atoms with Gasteiger partial charge in [0.2, 0.25) is 5.91 Å². The van der Waals surface area contributed by atoms with Gasteiger partial charge in [-0.3, -0.25) is 9.69 Å². The number of amides is 1. The van der Waals surface area contributed by atoms with Gasteiger partial charge >= 0.3 is 0 Å². The minimum Gasteiger partial charge on any atom is -0.355 e. The van der Waals surface area contributed by atoms with Gasteiger partial charge < -0.3 is 5.32 Å². The first kappa shape index (κ1) is 14.6. The average Bonchev–Trinajstić information content (AvgIpc) is 2.30. The first-order chi connectivity index (χ1) is 8.52. The Bertz CT molecular complexity index is 410. The number of carbonyl (C=O) groups excluding carboxylic acids is 1. The third kappa shape index (κ3) is 4.79. The second-order valence-corrected chi connectivity index (χ2v) is 4.26. The van der Waals surface area contributed by atoms with Crippen LogP contribution in [-0.2, 0) is 11.3 Å². The summed E-state index contributed by atoms with van der Waals surface area (Å²) in [5.41, 5.74) is 0.377. The van der Waals surface area contributed by atoms with Gasteiger partial charge in [-0.15, -0.1) is 0 Å². The van der Waals surface area contributed by atoms with Crippen molar-refractivity contribution in [3.05, 3.63) is 35.4 Å². The standard InChI is InChI=1S/C13H18F2N2O/c1-3-6-16-13(18)9-17(2)8-10-4-5-11(14)7-12(10)15/h4-5,7H,3,6,8-9H2,1-2H3,(H,16,18). The average molecular weight is 256 g/mol. The first-order valence-electron chi connectivity index (χ1n) is 5.92. The predicted molar refractivity (Wildman–Crippen MR) is 66.0 cm³/mol. The van der Waals surface area contributed by atoms with Crippen LogP contribution < -0.4 is 5.32 Å². The van der Waals surface area contributed by atoms with Crippen LogP contribution in [0.4, 0.5) is 8.78 Å². The number of benzene rings is 1. The minimum absolute atomic E-state index is 0.0955. The highest BCUT2D eigenvalue weighted by molar-refractivity contribution is 5.77. The molecule has 0 radical (unpaired) electrons. The van der Waals surface area contributed by atoms with Crippen LogP contribution in [-0.4, -0.2) is 30.9 Å². The summed E-state index contributed by atoms with van der Waals surface area (Å²) in [7, 11) is 1.72. The highest BCUT2D eigenvalue weighted by Crippen LogP contribution is 2.11. The molecule has 0 aliphatic rings. The molecular formula is C13H18F2N2O. The van der Waals surface area contributed by atoms with E-state index in [9.17, 15) is 13.6 Å². The smallest absolute Gasteiger partial charge is 0.234 e. The van der Waals surface area contributed by atoms with E-state index < -0.39 is 11.6 Å². The molecule has 1 amide bonds. The zero-order chi connectivity index (χ0) is 13.5. The molecule has 0 aromatic heterocycles. The molecule has 0 bridgehead atoms. The molecule has 1 aromatic carbocycles. The molecule has 18 heavy (non-hydrogen) atoms. The SMILES string of the molecule is CCCNC(=O)CN(C)Cc1ccc(F)cc1F. The van der Waals surface area contributed by atoms with E-state index in [4.69, 9.17) is 0 Å². The molecule has 1 N–H and O–H groups in total. The number of hydrogen-bond acceptors (Lipinski definition) is 2. The molecule has 1 aromatic rings. The van der Waals surface area contributed by atoms with E-state index >= 15 is 0 Å². The fraction of sp³-hybridized carbons (Fsp3) is 0.462. The van der Waals surface area contributed by atoms with Crippen molar-refractivity contribution in [3.8, 4) is 0 Å². The van der Waals surface area contributed by atoms with E-state index in [0.29, 0.717) is 12.1 Å². The molecule has 1 rings (SSSR count). The summed E-state index contributed by atoms with van der Waals surface area (Å²) in [5.74, 6) is -1.28. The van der Waals surface area contributed by atoms with Gasteiger partial charge in [-0.2, -0.15) is 0 Å². The van der Waals surface area contributed by atoms with Gasteiger partial charge in [-0.1, -0.05) is 13.0 Å². The van der Waals surface area contributed by atoms with Gasteiger partial charge in [0.05, 0.1) is 6.54 Å². The van der Waals surface area contributed by atoms with E-state index in [1.54, 1.807) is 11.9 Å². The van der Waals surface area contributed by atoms with Crippen molar-refractivity contribution >= 4 is 5.91 Å². The Balaban J connectivity index is 2.48. The summed E-state index contributed by atoms with van der Waals surface area (Å²) in [4.78, 5) is 13.1. The first-order valence-corrected chi connectivity index (χ1v) is 5.92. The molecule has 0 fully saturated rings. The summed E-state index contributed by atoms with van der Waals surface area (Å²) in [6.45, 7) is 3.07. The van der Waals surface area contributed by atoms with Gasteiger partial charge in [-0.05, 0) is 19.5 Å². The monoisotopic (exact) mass is 256 g/mol. The summed E-state index contributed by atoms with van der Waals surface area (Å²) in [5, 5.41) is 2.74. The van der Waals surface area contributed by atoms with E-state index in [2.05, 4.69) is 5.32 Å². The highest BCUT2D eigenvalue weighted by atomic mass is 19.1. The van der Waals surface area contributed by atoms with Crippen molar-refractivity contribution in [1.82, 2.24) is 10.2 Å². The second-order valence-electron chi connectivity index (χ2n) is 4.26. The van der Waals surface area contributed by atoms with Gasteiger partial charge in [0, 0.05) is 24.7 Å². The fourth-order valence-corrected chi connectivity index (χ4v) is 1.56. The van der Waals surface area contributed by atoms with E-state index in [1.807, 2.05) is 6.92 Å². The number of hydrogen-bond donors (Lipinski definition) is 1. The molecule has 0 saturated heterocycles. The van der Waals surface area contributed by atoms with Crippen LogP contribution in [0, 0.1) is 11.6 Å². The number of halogens is 2. The van der Waals surface area contributed by atoms with Gasteiger partial charge in [-0.25, -0.2) is 8.78 Å². The Kier molecular flexibility index (Phi) is 5.71. The third-order valence-corrected chi connectivity index (χ3v) is 2.44. The summed E-state index contributed by atoms with van der Waals surface area (Å²) < 4.78 is 26.1. The number of carbonyl (C=O) groups is 1. The van der Waals surface area contributed by atoms with Crippen molar-refractivity contribution in [2.75, 3.05) is 20.1 Å². The molecule has 0 aliphatic heterocycles. The molecular weight excluding hydrogens is 238 g/mol. The predicted octanol–water partition coefficient (Wildman–Crippen LogP) is 1.92. The number of nitrogens with zero attached hydrogens (tertiary/aromatic N) is 1. The maximum Gasteiger partial charge on any atom is 0.234 e. The molecule has 0 saturated carbocycles. The molecule has 0 aliphatic carbocycles. The molecule has 0 atom stereocenters. The molecule has 3 nitrogen and oxygen atoms in total. The summed E-state index contributed by atoms with van der Waals surface area (Å²) in [6, 6.07) is 3.45. The van der Waals surface area contributed by atoms with Gasteiger partial charge in [0.25, 0.3) is 0 Å². The lowest BCUT2D eigenvalue weighted by atomic mass is 10.2. The number of rotatable bonds is 6. The topological polar surface area (TPSA) is 32.3 Å². The molecule has 5 heteroatoms. The molecule has 0 unspecified atom stereocenters. The van der Waals surface area contributed by atoms with Crippen molar-refractivity contribution in [1.29, 1.82) is 0 Å². The van der Waals surface area contributed by atoms with E-state index in [1.165, 1.54) is 12.1 Å². The number of nitrogens with one attached hydrogen (secondary N) is 1. The Morgan fingerprint density at radius 2 is 2.11 bits per heavy atom. The second kappa shape index (κ2) is 7.06. The lowest BCUT2D eigenvalue weighted by Crippen LogP contribution is -2.35. The van der Waals surface area contributed by atoms with Crippen LogP contribution in [0.25, 0.3) is 0 Å². The Morgan fingerprint density at radius 1 is 1.39 bits per heavy atom. The van der Waals surface area contributed by atoms with Crippen molar-refractivity contribution in [2.24, 2.45) is 0 Å². The van der Waals surface area contributed by atoms with Crippen LogP contribution in [0.3, 0.4) is 0 Å². The molecule has 0 heterocycles. The van der Waals surface area contributed by atoms with Crippen LogP contribution in [0.1, 0.15) is 18.9 Å². The fourth-order valence-electron chi connectivity index (χ4n) is 1.56. The maximum atomic E-state index is 13.4. The molecule has 0 spiro atoms. The zero-order valence-electron chi connectivity index (χ0n) is 10.7. The quantitative estimate of drug-likeness (QED) is 0.843. The third-order valence-electron chi connectivity index (χ3n) is 2.44. The van der Waals surface area contributed by atoms with Crippen molar-refractivity contribution in [3.63, 3.8) is 0 Å². The van der Waals surface area contributed by atoms with Crippen molar-refractivity contribution < 1.29 is 13.6 Å².